The first kappa shape index (κ1) is 12.7. The van der Waals surface area contributed by atoms with Gasteiger partial charge in [-0.2, -0.15) is 5.26 Å². The van der Waals surface area contributed by atoms with E-state index in [1.807, 2.05) is 30.3 Å². The number of ether oxygens (including phenoxy) is 1. The number of hydrogen-bond acceptors (Lipinski definition) is 4. The molecule has 2 rings (SSSR count). The molecule has 1 aliphatic rings. The van der Waals surface area contributed by atoms with Gasteiger partial charge < -0.3 is 15.8 Å². The fraction of sp³-hybridized carbons (Fsp3) is 0.500. The fourth-order valence-electron chi connectivity index (χ4n) is 2.49. The first-order chi connectivity index (χ1) is 8.83. The number of nitrogens with zero attached hydrogens (tertiary/aromatic N) is 1. The molecule has 0 radical (unpaired) electrons. The predicted molar refractivity (Wildman–Crippen MR) is 71.4 cm³/mol. The van der Waals surface area contributed by atoms with E-state index in [1.165, 1.54) is 19.3 Å². The molecule has 0 spiro atoms. The molecule has 0 amide bonds. The average Bonchev–Trinajstić information content (AvgIpc) is 2.85. The molecule has 96 valence electrons. The summed E-state index contributed by atoms with van der Waals surface area (Å²) in [6.07, 6.45) is 3.66. The highest BCUT2D eigenvalue weighted by Crippen LogP contribution is 2.28. The first-order valence-electron chi connectivity index (χ1n) is 6.40. The molecule has 2 atom stereocenters. The summed E-state index contributed by atoms with van der Waals surface area (Å²) in [5.74, 6) is 1.31. The lowest BCUT2D eigenvalue weighted by molar-refractivity contribution is 0.368. The van der Waals surface area contributed by atoms with Crippen molar-refractivity contribution in [1.29, 1.82) is 5.26 Å². The highest BCUT2D eigenvalue weighted by molar-refractivity contribution is 5.47. The Kier molecular flexibility index (Phi) is 4.43. The molecule has 1 aromatic rings. The Hall–Kier alpha value is -1.73. The topological polar surface area (TPSA) is 71.1 Å². The summed E-state index contributed by atoms with van der Waals surface area (Å²) in [4.78, 5) is 0. The van der Waals surface area contributed by atoms with Crippen LogP contribution in [0.5, 0.6) is 5.75 Å². The van der Waals surface area contributed by atoms with Gasteiger partial charge in [-0.1, -0.05) is 6.42 Å². The van der Waals surface area contributed by atoms with Crippen molar-refractivity contribution in [2.45, 2.75) is 25.3 Å². The minimum atomic E-state index is 0.0879. The van der Waals surface area contributed by atoms with Crippen molar-refractivity contribution in [3.63, 3.8) is 0 Å². The largest absolute Gasteiger partial charge is 0.479 e. The van der Waals surface area contributed by atoms with Crippen molar-refractivity contribution in [2.24, 2.45) is 11.7 Å². The number of anilines is 1. The smallest absolute Gasteiger partial charge is 0.174 e. The van der Waals surface area contributed by atoms with Crippen LogP contribution in [0, 0.1) is 17.2 Å². The standard InChI is InChI=1S/C14H19N3O/c15-8-9-18-13-6-4-12(5-7-13)17-14-3-1-2-11(14)10-16/h4-7,11,14,17H,1-3,9-10,16H2. The van der Waals surface area contributed by atoms with Crippen LogP contribution in [0.15, 0.2) is 24.3 Å². The van der Waals surface area contributed by atoms with Crippen LogP contribution in [0.1, 0.15) is 19.3 Å². The van der Waals surface area contributed by atoms with Gasteiger partial charge in [0.1, 0.15) is 11.8 Å². The van der Waals surface area contributed by atoms with Gasteiger partial charge in [0.05, 0.1) is 0 Å². The molecule has 4 nitrogen and oxygen atoms in total. The monoisotopic (exact) mass is 245 g/mol. The maximum atomic E-state index is 8.43. The van der Waals surface area contributed by atoms with E-state index >= 15 is 0 Å². The Morgan fingerprint density at radius 3 is 2.78 bits per heavy atom. The number of nitrogens with one attached hydrogen (secondary N) is 1. The average molecular weight is 245 g/mol. The maximum absolute atomic E-state index is 8.43. The zero-order valence-corrected chi connectivity index (χ0v) is 10.4. The fourth-order valence-corrected chi connectivity index (χ4v) is 2.49. The molecule has 1 aliphatic carbocycles. The molecule has 1 aromatic carbocycles. The minimum Gasteiger partial charge on any atom is -0.479 e. The molecule has 0 heterocycles. The van der Waals surface area contributed by atoms with Gasteiger partial charge >= 0.3 is 0 Å². The molecular formula is C14H19N3O. The molecule has 0 bridgehead atoms. The Balaban J connectivity index is 1.92. The van der Waals surface area contributed by atoms with Crippen LogP contribution in [0.3, 0.4) is 0 Å². The minimum absolute atomic E-state index is 0.0879. The van der Waals surface area contributed by atoms with Crippen molar-refractivity contribution < 1.29 is 4.74 Å². The molecular weight excluding hydrogens is 226 g/mol. The molecule has 1 saturated carbocycles. The number of nitriles is 1. The molecule has 0 saturated heterocycles. The van der Waals surface area contributed by atoms with Crippen molar-refractivity contribution >= 4 is 5.69 Å². The van der Waals surface area contributed by atoms with Gasteiger partial charge in [0, 0.05) is 11.7 Å². The van der Waals surface area contributed by atoms with Gasteiger partial charge in [0.25, 0.3) is 0 Å². The summed E-state index contributed by atoms with van der Waals surface area (Å²) in [7, 11) is 0. The second-order valence-electron chi connectivity index (χ2n) is 4.65. The van der Waals surface area contributed by atoms with Gasteiger partial charge in [-0.15, -0.1) is 0 Å². The molecule has 4 heteroatoms. The van der Waals surface area contributed by atoms with Crippen LogP contribution in [-0.4, -0.2) is 19.2 Å². The number of nitrogens with two attached hydrogens (primary N) is 1. The van der Waals surface area contributed by atoms with Gasteiger partial charge in [0.15, 0.2) is 6.61 Å². The van der Waals surface area contributed by atoms with E-state index in [2.05, 4.69) is 5.32 Å². The van der Waals surface area contributed by atoms with E-state index in [4.69, 9.17) is 15.7 Å². The number of hydrogen-bond donors (Lipinski definition) is 2. The highest BCUT2D eigenvalue weighted by Gasteiger charge is 2.25. The molecule has 0 aromatic heterocycles. The third-order valence-corrected chi connectivity index (χ3v) is 3.47. The van der Waals surface area contributed by atoms with E-state index in [0.717, 1.165) is 18.0 Å². The Morgan fingerprint density at radius 1 is 1.33 bits per heavy atom. The van der Waals surface area contributed by atoms with Crippen molar-refractivity contribution in [3.05, 3.63) is 24.3 Å². The summed E-state index contributed by atoms with van der Waals surface area (Å²) < 4.78 is 5.21. The van der Waals surface area contributed by atoms with Gasteiger partial charge in [0.2, 0.25) is 0 Å². The van der Waals surface area contributed by atoms with Gasteiger partial charge in [-0.05, 0) is 49.6 Å². The van der Waals surface area contributed by atoms with Crippen LogP contribution in [-0.2, 0) is 0 Å². The summed E-state index contributed by atoms with van der Waals surface area (Å²) in [5.41, 5.74) is 6.85. The van der Waals surface area contributed by atoms with Crippen LogP contribution in [0.25, 0.3) is 0 Å². The lowest BCUT2D eigenvalue weighted by Crippen LogP contribution is -2.29. The van der Waals surface area contributed by atoms with Crippen LogP contribution in [0.2, 0.25) is 0 Å². The third-order valence-electron chi connectivity index (χ3n) is 3.47. The highest BCUT2D eigenvalue weighted by atomic mass is 16.5. The number of benzene rings is 1. The van der Waals surface area contributed by atoms with E-state index in [-0.39, 0.29) is 6.61 Å². The molecule has 0 aliphatic heterocycles. The Morgan fingerprint density at radius 2 is 2.11 bits per heavy atom. The van der Waals surface area contributed by atoms with Crippen molar-refractivity contribution in [1.82, 2.24) is 0 Å². The third kappa shape index (κ3) is 3.14. The summed E-state index contributed by atoms with van der Waals surface area (Å²) in [6.45, 7) is 0.839. The normalized spacial score (nSPS) is 22.4. The van der Waals surface area contributed by atoms with E-state index in [0.29, 0.717) is 12.0 Å². The summed E-state index contributed by atoms with van der Waals surface area (Å²) >= 11 is 0. The first-order valence-corrected chi connectivity index (χ1v) is 6.40. The van der Waals surface area contributed by atoms with E-state index < -0.39 is 0 Å². The van der Waals surface area contributed by atoms with Crippen LogP contribution < -0.4 is 15.8 Å². The zero-order valence-electron chi connectivity index (χ0n) is 10.4. The Labute approximate surface area is 108 Å². The summed E-state index contributed by atoms with van der Waals surface area (Å²) in [5, 5.41) is 12.0. The van der Waals surface area contributed by atoms with E-state index in [9.17, 15) is 0 Å². The molecule has 1 fully saturated rings. The number of rotatable bonds is 5. The molecule has 2 unspecified atom stereocenters. The zero-order chi connectivity index (χ0) is 12.8. The van der Waals surface area contributed by atoms with Crippen LogP contribution >= 0.6 is 0 Å². The summed E-state index contributed by atoms with van der Waals surface area (Å²) in [6, 6.07) is 10.2. The quantitative estimate of drug-likeness (QED) is 0.833. The van der Waals surface area contributed by atoms with Gasteiger partial charge in [-0.3, -0.25) is 0 Å². The predicted octanol–water partition coefficient (Wildman–Crippen LogP) is 2.13. The maximum Gasteiger partial charge on any atom is 0.174 e. The SMILES string of the molecule is N#CCOc1ccc(NC2CCCC2CN)cc1. The van der Waals surface area contributed by atoms with Gasteiger partial charge in [-0.25, -0.2) is 0 Å². The second-order valence-corrected chi connectivity index (χ2v) is 4.65. The van der Waals surface area contributed by atoms with E-state index in [1.54, 1.807) is 0 Å². The van der Waals surface area contributed by atoms with Crippen molar-refractivity contribution in [2.75, 3.05) is 18.5 Å². The lowest BCUT2D eigenvalue weighted by Gasteiger charge is -2.20. The van der Waals surface area contributed by atoms with Crippen molar-refractivity contribution in [3.8, 4) is 11.8 Å². The molecule has 3 N–H and O–H groups in total. The second kappa shape index (κ2) is 6.27. The van der Waals surface area contributed by atoms with Crippen LogP contribution in [0.4, 0.5) is 5.69 Å². The molecule has 18 heavy (non-hydrogen) atoms. The lowest BCUT2D eigenvalue weighted by atomic mass is 10.0. The Bertz CT molecular complexity index is 410.